The summed E-state index contributed by atoms with van der Waals surface area (Å²) in [6.07, 6.45) is 1.55. The van der Waals surface area contributed by atoms with Crippen molar-refractivity contribution in [3.8, 4) is 17.6 Å². The Morgan fingerprint density at radius 3 is 2.50 bits per heavy atom. The second-order valence-corrected chi connectivity index (χ2v) is 8.48. The molecule has 0 saturated carbocycles. The van der Waals surface area contributed by atoms with Gasteiger partial charge in [0, 0.05) is 5.69 Å². The van der Waals surface area contributed by atoms with Gasteiger partial charge in [-0.05, 0) is 84.1 Å². The molecule has 0 bridgehead atoms. The molecule has 0 radical (unpaired) electrons. The molecule has 0 spiro atoms. The summed E-state index contributed by atoms with van der Waals surface area (Å²) in [5, 5.41) is 14.8. The van der Waals surface area contributed by atoms with Crippen LogP contribution in [0.15, 0.2) is 84.4 Å². The quantitative estimate of drug-likeness (QED) is 0.220. The van der Waals surface area contributed by atoms with Crippen molar-refractivity contribution in [3.63, 3.8) is 0 Å². The van der Waals surface area contributed by atoms with Gasteiger partial charge in [0.2, 0.25) is 0 Å². The van der Waals surface area contributed by atoms with Gasteiger partial charge in [0.1, 0.15) is 18.2 Å². The van der Waals surface area contributed by atoms with Gasteiger partial charge in [0.05, 0.1) is 6.61 Å². The SMILES string of the molecule is CCOc1cc(/C=C(\C#N)C(=O)Nc2cccc(C)c2C)ccc1OCc1ccc2ccccc2c1. The lowest BCUT2D eigenvalue weighted by Gasteiger charge is -2.13. The number of benzene rings is 4. The largest absolute Gasteiger partial charge is 0.490 e. The van der Waals surface area contributed by atoms with Gasteiger partial charge in [-0.3, -0.25) is 4.79 Å². The molecule has 0 aliphatic heterocycles. The van der Waals surface area contributed by atoms with Crippen LogP contribution in [-0.2, 0) is 11.4 Å². The number of amides is 1. The third kappa shape index (κ3) is 5.73. The summed E-state index contributed by atoms with van der Waals surface area (Å²) >= 11 is 0. The number of anilines is 1. The van der Waals surface area contributed by atoms with Crippen LogP contribution in [0.2, 0.25) is 0 Å². The number of nitrogens with one attached hydrogen (secondary N) is 1. The first kappa shape index (κ1) is 24.6. The van der Waals surface area contributed by atoms with Gasteiger partial charge < -0.3 is 14.8 Å². The van der Waals surface area contributed by atoms with Crippen LogP contribution in [0.5, 0.6) is 11.5 Å². The van der Waals surface area contributed by atoms with Crippen molar-refractivity contribution in [2.24, 2.45) is 0 Å². The van der Waals surface area contributed by atoms with Gasteiger partial charge in [-0.25, -0.2) is 0 Å². The molecule has 0 aromatic heterocycles. The molecule has 5 nitrogen and oxygen atoms in total. The molecule has 1 amide bonds. The summed E-state index contributed by atoms with van der Waals surface area (Å²) in [5.41, 5.74) is 4.45. The van der Waals surface area contributed by atoms with Gasteiger partial charge >= 0.3 is 0 Å². The molecule has 1 N–H and O–H groups in total. The maximum Gasteiger partial charge on any atom is 0.266 e. The number of hydrogen-bond acceptors (Lipinski definition) is 4. The van der Waals surface area contributed by atoms with Crippen molar-refractivity contribution in [1.29, 1.82) is 5.26 Å². The summed E-state index contributed by atoms with van der Waals surface area (Å²) in [6.45, 7) is 6.66. The zero-order valence-corrected chi connectivity index (χ0v) is 20.7. The molecule has 4 aromatic rings. The Bertz CT molecular complexity index is 1480. The maximum atomic E-state index is 12.8. The first-order valence-corrected chi connectivity index (χ1v) is 11.8. The average molecular weight is 477 g/mol. The molecule has 0 aliphatic rings. The monoisotopic (exact) mass is 476 g/mol. The summed E-state index contributed by atoms with van der Waals surface area (Å²) < 4.78 is 11.9. The fourth-order valence-electron chi connectivity index (χ4n) is 3.88. The van der Waals surface area contributed by atoms with E-state index in [1.165, 1.54) is 5.39 Å². The first-order chi connectivity index (χ1) is 17.5. The van der Waals surface area contributed by atoms with E-state index in [-0.39, 0.29) is 5.57 Å². The predicted molar refractivity (Wildman–Crippen MR) is 144 cm³/mol. The van der Waals surface area contributed by atoms with Gasteiger partial charge in [0.15, 0.2) is 11.5 Å². The zero-order chi connectivity index (χ0) is 25.5. The molecular weight excluding hydrogens is 448 g/mol. The fourth-order valence-corrected chi connectivity index (χ4v) is 3.88. The molecular formula is C31H28N2O3. The Labute approximate surface area is 211 Å². The van der Waals surface area contributed by atoms with Crippen LogP contribution in [0.25, 0.3) is 16.8 Å². The van der Waals surface area contributed by atoms with E-state index in [9.17, 15) is 10.1 Å². The van der Waals surface area contributed by atoms with Crippen molar-refractivity contribution in [3.05, 3.63) is 107 Å². The molecule has 36 heavy (non-hydrogen) atoms. The van der Waals surface area contributed by atoms with E-state index in [1.807, 2.05) is 63.2 Å². The Morgan fingerprint density at radius 2 is 1.72 bits per heavy atom. The zero-order valence-electron chi connectivity index (χ0n) is 20.7. The normalized spacial score (nSPS) is 11.1. The summed E-state index contributed by atoms with van der Waals surface area (Å²) in [6, 6.07) is 27.5. The van der Waals surface area contributed by atoms with E-state index in [0.29, 0.717) is 36.0 Å². The third-order valence-corrected chi connectivity index (χ3v) is 6.00. The predicted octanol–water partition coefficient (Wildman–Crippen LogP) is 6.98. The maximum absolute atomic E-state index is 12.8. The van der Waals surface area contributed by atoms with Crippen LogP contribution in [-0.4, -0.2) is 12.5 Å². The second kappa shape index (κ2) is 11.2. The first-order valence-electron chi connectivity index (χ1n) is 11.8. The van der Waals surface area contributed by atoms with Gasteiger partial charge in [-0.15, -0.1) is 0 Å². The number of carbonyl (C=O) groups is 1. The summed E-state index contributed by atoms with van der Waals surface area (Å²) in [4.78, 5) is 12.8. The highest BCUT2D eigenvalue weighted by atomic mass is 16.5. The van der Waals surface area contributed by atoms with Crippen molar-refractivity contribution in [2.75, 3.05) is 11.9 Å². The fraction of sp³-hybridized carbons (Fsp3) is 0.161. The smallest absolute Gasteiger partial charge is 0.266 e. The third-order valence-electron chi connectivity index (χ3n) is 6.00. The summed E-state index contributed by atoms with van der Waals surface area (Å²) in [7, 11) is 0. The minimum absolute atomic E-state index is 0.00295. The molecule has 5 heteroatoms. The van der Waals surface area contributed by atoms with Crippen molar-refractivity contribution < 1.29 is 14.3 Å². The minimum Gasteiger partial charge on any atom is -0.490 e. The van der Waals surface area contributed by atoms with E-state index in [2.05, 4.69) is 29.6 Å². The number of nitrogens with zero attached hydrogens (tertiary/aromatic N) is 1. The van der Waals surface area contributed by atoms with E-state index in [0.717, 1.165) is 22.1 Å². The summed E-state index contributed by atoms with van der Waals surface area (Å²) in [5.74, 6) is 0.695. The molecule has 0 atom stereocenters. The van der Waals surface area contributed by atoms with Crippen LogP contribution < -0.4 is 14.8 Å². The molecule has 4 rings (SSSR count). The molecule has 180 valence electrons. The van der Waals surface area contributed by atoms with Crippen LogP contribution >= 0.6 is 0 Å². The lowest BCUT2D eigenvalue weighted by atomic mass is 10.1. The van der Waals surface area contributed by atoms with Gasteiger partial charge in [-0.2, -0.15) is 5.26 Å². The van der Waals surface area contributed by atoms with Crippen LogP contribution in [0.4, 0.5) is 5.69 Å². The molecule has 0 saturated heterocycles. The molecule has 0 unspecified atom stereocenters. The number of rotatable bonds is 8. The Morgan fingerprint density at radius 1 is 0.917 bits per heavy atom. The molecule has 0 heterocycles. The lowest BCUT2D eigenvalue weighted by molar-refractivity contribution is -0.112. The number of fused-ring (bicyclic) bond motifs is 1. The van der Waals surface area contributed by atoms with E-state index >= 15 is 0 Å². The highest BCUT2D eigenvalue weighted by molar-refractivity contribution is 6.10. The number of ether oxygens (including phenoxy) is 2. The molecule has 4 aromatic carbocycles. The average Bonchev–Trinajstić information content (AvgIpc) is 2.89. The van der Waals surface area contributed by atoms with E-state index in [1.54, 1.807) is 24.3 Å². The van der Waals surface area contributed by atoms with Crippen LogP contribution in [0.1, 0.15) is 29.2 Å². The topological polar surface area (TPSA) is 71.3 Å². The van der Waals surface area contributed by atoms with Crippen molar-refractivity contribution in [1.82, 2.24) is 0 Å². The van der Waals surface area contributed by atoms with Crippen LogP contribution in [0.3, 0.4) is 0 Å². The van der Waals surface area contributed by atoms with Crippen molar-refractivity contribution in [2.45, 2.75) is 27.4 Å². The second-order valence-electron chi connectivity index (χ2n) is 8.48. The highest BCUT2D eigenvalue weighted by Crippen LogP contribution is 2.31. The van der Waals surface area contributed by atoms with Crippen molar-refractivity contribution >= 4 is 28.4 Å². The number of hydrogen-bond donors (Lipinski definition) is 1. The molecule has 0 fully saturated rings. The lowest BCUT2D eigenvalue weighted by Crippen LogP contribution is -2.14. The molecule has 0 aliphatic carbocycles. The van der Waals surface area contributed by atoms with E-state index < -0.39 is 5.91 Å². The highest BCUT2D eigenvalue weighted by Gasteiger charge is 2.13. The Kier molecular flexibility index (Phi) is 7.67. The standard InChI is InChI=1S/C31H28N2O3/c1-4-35-30-18-23(16-27(19-32)31(34)33-28-11-7-8-21(2)22(28)3)13-15-29(30)36-20-24-12-14-25-9-5-6-10-26(25)17-24/h5-18H,4,20H2,1-3H3,(H,33,34)/b27-16+. The number of carbonyl (C=O) groups excluding carboxylic acids is 1. The Hall–Kier alpha value is -4.56. The van der Waals surface area contributed by atoms with Gasteiger partial charge in [-0.1, -0.05) is 54.6 Å². The Balaban J connectivity index is 1.52. The number of nitriles is 1. The van der Waals surface area contributed by atoms with Gasteiger partial charge in [0.25, 0.3) is 5.91 Å². The van der Waals surface area contributed by atoms with Crippen LogP contribution in [0, 0.1) is 25.2 Å². The van der Waals surface area contributed by atoms with E-state index in [4.69, 9.17) is 9.47 Å². The minimum atomic E-state index is -0.458. The number of aryl methyl sites for hydroxylation is 1.